The molecule has 0 spiro atoms. The van der Waals surface area contributed by atoms with E-state index in [0.29, 0.717) is 5.02 Å². The highest BCUT2D eigenvalue weighted by atomic mass is 79.9. The Morgan fingerprint density at radius 2 is 2.31 bits per heavy atom. The third-order valence-corrected chi connectivity index (χ3v) is 2.56. The van der Waals surface area contributed by atoms with Crippen molar-refractivity contribution in [2.24, 2.45) is 5.84 Å². The molecule has 4 heteroatoms. The van der Waals surface area contributed by atoms with Gasteiger partial charge in [-0.15, -0.1) is 6.42 Å². The van der Waals surface area contributed by atoms with Crippen LogP contribution in [0.4, 0.5) is 0 Å². The van der Waals surface area contributed by atoms with E-state index in [0.717, 1.165) is 10.0 Å². The van der Waals surface area contributed by atoms with Crippen molar-refractivity contribution in [3.63, 3.8) is 0 Å². The summed E-state index contributed by atoms with van der Waals surface area (Å²) in [5.41, 5.74) is 3.37. The first-order chi connectivity index (χ1) is 6.19. The van der Waals surface area contributed by atoms with Crippen LogP contribution >= 0.6 is 27.5 Å². The number of terminal acetylenes is 1. The second-order valence-electron chi connectivity index (χ2n) is 2.43. The zero-order chi connectivity index (χ0) is 9.84. The third kappa shape index (κ3) is 2.45. The van der Waals surface area contributed by atoms with Gasteiger partial charge in [0, 0.05) is 9.50 Å². The predicted octanol–water partition coefficient (Wildman–Crippen LogP) is 2.24. The number of rotatable bonds is 2. The number of nitrogens with one attached hydrogen (secondary N) is 1. The predicted molar refractivity (Wildman–Crippen MR) is 58.0 cm³/mol. The Morgan fingerprint density at radius 3 is 2.85 bits per heavy atom. The molecular formula is C9H8BrClN2. The second kappa shape index (κ2) is 4.64. The van der Waals surface area contributed by atoms with Crippen molar-refractivity contribution in [3.8, 4) is 12.3 Å². The smallest absolute Gasteiger partial charge is 0.108 e. The lowest BCUT2D eigenvalue weighted by Gasteiger charge is -2.11. The van der Waals surface area contributed by atoms with Crippen LogP contribution in [0.25, 0.3) is 0 Å². The van der Waals surface area contributed by atoms with E-state index in [1.807, 2.05) is 6.07 Å². The quantitative estimate of drug-likeness (QED) is 0.486. The molecule has 1 aromatic carbocycles. The van der Waals surface area contributed by atoms with Crippen LogP contribution in [-0.4, -0.2) is 0 Å². The molecule has 0 aliphatic rings. The van der Waals surface area contributed by atoms with Gasteiger partial charge in [-0.3, -0.25) is 5.84 Å². The van der Waals surface area contributed by atoms with Crippen LogP contribution in [0.5, 0.6) is 0 Å². The van der Waals surface area contributed by atoms with Crippen molar-refractivity contribution in [1.82, 2.24) is 5.43 Å². The van der Waals surface area contributed by atoms with Gasteiger partial charge in [-0.1, -0.05) is 33.5 Å². The molecule has 0 aliphatic carbocycles. The van der Waals surface area contributed by atoms with Crippen LogP contribution in [0, 0.1) is 12.3 Å². The molecule has 0 saturated carbocycles. The molecule has 0 amide bonds. The van der Waals surface area contributed by atoms with E-state index in [4.69, 9.17) is 23.9 Å². The molecule has 0 aromatic heterocycles. The molecule has 0 bridgehead atoms. The van der Waals surface area contributed by atoms with Gasteiger partial charge in [0.1, 0.15) is 6.04 Å². The maximum atomic E-state index is 5.82. The molecule has 13 heavy (non-hydrogen) atoms. The van der Waals surface area contributed by atoms with E-state index in [2.05, 4.69) is 27.3 Å². The van der Waals surface area contributed by atoms with Gasteiger partial charge < -0.3 is 0 Å². The lowest BCUT2D eigenvalue weighted by molar-refractivity contribution is 0.671. The highest BCUT2D eigenvalue weighted by molar-refractivity contribution is 9.10. The Balaban J connectivity index is 3.13. The number of benzene rings is 1. The summed E-state index contributed by atoms with van der Waals surface area (Å²) in [6.07, 6.45) is 5.28. The largest absolute Gasteiger partial charge is 0.270 e. The van der Waals surface area contributed by atoms with Gasteiger partial charge >= 0.3 is 0 Å². The van der Waals surface area contributed by atoms with Crippen molar-refractivity contribution in [2.75, 3.05) is 0 Å². The fourth-order valence-electron chi connectivity index (χ4n) is 0.964. The van der Waals surface area contributed by atoms with Crippen molar-refractivity contribution < 1.29 is 0 Å². The molecule has 0 heterocycles. The fraction of sp³-hybridized carbons (Fsp3) is 0.111. The van der Waals surface area contributed by atoms with E-state index in [-0.39, 0.29) is 6.04 Å². The summed E-state index contributed by atoms with van der Waals surface area (Å²) >= 11 is 9.18. The standard InChI is InChI=1S/C9H8BrClN2/c1-2-9(13-12)7-5-6(11)3-4-8(7)10/h1,3-5,9,13H,12H2. The summed E-state index contributed by atoms with van der Waals surface area (Å²) < 4.78 is 0.887. The minimum atomic E-state index is -0.326. The summed E-state index contributed by atoms with van der Waals surface area (Å²) in [5.74, 6) is 7.79. The molecule has 1 aromatic rings. The maximum absolute atomic E-state index is 5.82. The molecule has 1 rings (SSSR count). The van der Waals surface area contributed by atoms with E-state index in [9.17, 15) is 0 Å². The molecule has 68 valence electrons. The zero-order valence-corrected chi connectivity index (χ0v) is 9.06. The highest BCUT2D eigenvalue weighted by Gasteiger charge is 2.09. The van der Waals surface area contributed by atoms with Crippen molar-refractivity contribution in [3.05, 3.63) is 33.3 Å². The SMILES string of the molecule is C#CC(NN)c1cc(Cl)ccc1Br. The summed E-state index contributed by atoms with van der Waals surface area (Å²) in [5, 5.41) is 0.633. The van der Waals surface area contributed by atoms with Gasteiger partial charge in [0.25, 0.3) is 0 Å². The fourth-order valence-corrected chi connectivity index (χ4v) is 1.62. The van der Waals surface area contributed by atoms with Crippen LogP contribution in [0.1, 0.15) is 11.6 Å². The topological polar surface area (TPSA) is 38.0 Å². The number of nitrogens with two attached hydrogens (primary N) is 1. The summed E-state index contributed by atoms with van der Waals surface area (Å²) in [7, 11) is 0. The van der Waals surface area contributed by atoms with Gasteiger partial charge in [0.05, 0.1) is 0 Å². The average molecular weight is 260 g/mol. The zero-order valence-electron chi connectivity index (χ0n) is 6.72. The molecule has 1 unspecified atom stereocenters. The lowest BCUT2D eigenvalue weighted by atomic mass is 10.1. The minimum Gasteiger partial charge on any atom is -0.270 e. The van der Waals surface area contributed by atoms with Crippen LogP contribution in [0.2, 0.25) is 5.02 Å². The number of hydrazine groups is 1. The number of hydrogen-bond donors (Lipinski definition) is 2. The molecule has 2 nitrogen and oxygen atoms in total. The second-order valence-corrected chi connectivity index (χ2v) is 3.72. The van der Waals surface area contributed by atoms with Gasteiger partial charge in [-0.05, 0) is 23.8 Å². The lowest BCUT2D eigenvalue weighted by Crippen LogP contribution is -2.27. The van der Waals surface area contributed by atoms with Crippen molar-refractivity contribution in [2.45, 2.75) is 6.04 Å². The van der Waals surface area contributed by atoms with Crippen molar-refractivity contribution in [1.29, 1.82) is 0 Å². The number of halogens is 2. The third-order valence-electron chi connectivity index (χ3n) is 1.60. The Bertz CT molecular complexity index is 346. The van der Waals surface area contributed by atoms with Gasteiger partial charge in [-0.2, -0.15) is 0 Å². The average Bonchev–Trinajstić information content (AvgIpc) is 2.13. The summed E-state index contributed by atoms with van der Waals surface area (Å²) in [6, 6.07) is 5.06. The molecule has 0 fully saturated rings. The summed E-state index contributed by atoms with van der Waals surface area (Å²) in [4.78, 5) is 0. The molecule has 0 aliphatic heterocycles. The highest BCUT2D eigenvalue weighted by Crippen LogP contribution is 2.25. The Kier molecular flexibility index (Phi) is 3.76. The monoisotopic (exact) mass is 258 g/mol. The minimum absolute atomic E-state index is 0.326. The van der Waals surface area contributed by atoms with Gasteiger partial charge in [-0.25, -0.2) is 5.43 Å². The Morgan fingerprint density at radius 1 is 1.62 bits per heavy atom. The number of hydrogen-bond acceptors (Lipinski definition) is 2. The first-order valence-electron chi connectivity index (χ1n) is 3.56. The van der Waals surface area contributed by atoms with E-state index >= 15 is 0 Å². The van der Waals surface area contributed by atoms with Gasteiger partial charge in [0.2, 0.25) is 0 Å². The summed E-state index contributed by atoms with van der Waals surface area (Å²) in [6.45, 7) is 0. The first-order valence-corrected chi connectivity index (χ1v) is 4.73. The van der Waals surface area contributed by atoms with Crippen LogP contribution in [0.3, 0.4) is 0 Å². The van der Waals surface area contributed by atoms with E-state index in [1.165, 1.54) is 0 Å². The van der Waals surface area contributed by atoms with Crippen LogP contribution in [0.15, 0.2) is 22.7 Å². The molecule has 3 N–H and O–H groups in total. The molecule has 1 atom stereocenters. The van der Waals surface area contributed by atoms with Gasteiger partial charge in [0.15, 0.2) is 0 Å². The van der Waals surface area contributed by atoms with Crippen LogP contribution in [-0.2, 0) is 0 Å². The van der Waals surface area contributed by atoms with E-state index < -0.39 is 0 Å². The van der Waals surface area contributed by atoms with E-state index in [1.54, 1.807) is 12.1 Å². The molecule has 0 saturated heterocycles. The normalized spacial score (nSPS) is 12.2. The maximum Gasteiger partial charge on any atom is 0.108 e. The van der Waals surface area contributed by atoms with Crippen molar-refractivity contribution >= 4 is 27.5 Å². The Hall–Kier alpha value is -0.530. The Labute approximate surface area is 90.6 Å². The molecular weight excluding hydrogens is 251 g/mol. The van der Waals surface area contributed by atoms with Crippen LogP contribution < -0.4 is 11.3 Å². The first kappa shape index (κ1) is 10.6. The molecule has 0 radical (unpaired) electrons.